The van der Waals surface area contributed by atoms with Gasteiger partial charge in [-0.05, 0) is 108 Å². The molecule has 1 saturated heterocycles. The number of methoxy groups -OCH3 is 1. The molecule has 6 rings (SSSR count). The molecule has 1 heterocycles. The Balaban J connectivity index is 1.06. The zero-order chi connectivity index (χ0) is 27.9. The predicted molar refractivity (Wildman–Crippen MR) is 159 cm³/mol. The van der Waals surface area contributed by atoms with Crippen LogP contribution in [-0.2, 0) is 23.0 Å². The number of hydrogen-bond acceptors (Lipinski definition) is 4. The summed E-state index contributed by atoms with van der Waals surface area (Å²) in [4.78, 5) is 27.6. The van der Waals surface area contributed by atoms with Gasteiger partial charge in [-0.2, -0.15) is 0 Å². The summed E-state index contributed by atoms with van der Waals surface area (Å²) in [6.07, 6.45) is 5.85. The third kappa shape index (κ3) is 5.19. The molecule has 3 aromatic rings. The van der Waals surface area contributed by atoms with Crippen LogP contribution < -0.4 is 5.32 Å². The number of amides is 1. The van der Waals surface area contributed by atoms with E-state index in [0.717, 1.165) is 35.4 Å². The molecule has 0 radical (unpaired) electrons. The van der Waals surface area contributed by atoms with Crippen LogP contribution in [0.2, 0.25) is 0 Å². The first-order chi connectivity index (χ1) is 19.4. The average molecular weight is 537 g/mol. The molecule has 40 heavy (non-hydrogen) atoms. The highest BCUT2D eigenvalue weighted by Gasteiger charge is 2.49. The lowest BCUT2D eigenvalue weighted by Crippen LogP contribution is -2.58. The molecule has 0 spiro atoms. The van der Waals surface area contributed by atoms with E-state index in [1.165, 1.54) is 56.2 Å². The Hall–Kier alpha value is -3.44. The van der Waals surface area contributed by atoms with Crippen molar-refractivity contribution < 1.29 is 14.3 Å². The van der Waals surface area contributed by atoms with Crippen molar-refractivity contribution in [2.45, 2.75) is 57.4 Å². The molecule has 208 valence electrons. The van der Waals surface area contributed by atoms with Crippen molar-refractivity contribution in [3.05, 3.63) is 94.5 Å². The number of ether oxygens (including phenoxy) is 1. The van der Waals surface area contributed by atoms with Crippen molar-refractivity contribution in [1.29, 1.82) is 0 Å². The molecule has 2 bridgehead atoms. The van der Waals surface area contributed by atoms with Gasteiger partial charge in [0.15, 0.2) is 0 Å². The summed E-state index contributed by atoms with van der Waals surface area (Å²) in [5.41, 5.74) is 7.58. The lowest BCUT2D eigenvalue weighted by atomic mass is 9.59. The van der Waals surface area contributed by atoms with Crippen LogP contribution in [0.25, 0.3) is 11.1 Å². The van der Waals surface area contributed by atoms with Gasteiger partial charge in [-0.15, -0.1) is 0 Å². The summed E-state index contributed by atoms with van der Waals surface area (Å²) in [6, 6.07) is 22.8. The molecule has 5 heteroatoms. The monoisotopic (exact) mass is 536 g/mol. The zero-order valence-corrected chi connectivity index (χ0v) is 23.9. The van der Waals surface area contributed by atoms with Gasteiger partial charge in [0.1, 0.15) is 0 Å². The molecular formula is C35H40N2O3. The van der Waals surface area contributed by atoms with Crippen molar-refractivity contribution in [3.8, 4) is 11.1 Å². The molecule has 3 aliphatic rings. The van der Waals surface area contributed by atoms with E-state index in [0.29, 0.717) is 24.1 Å². The number of hydrogen-bond donors (Lipinski definition) is 1. The molecule has 2 unspecified atom stereocenters. The van der Waals surface area contributed by atoms with Gasteiger partial charge in [0.25, 0.3) is 5.91 Å². The predicted octanol–water partition coefficient (Wildman–Crippen LogP) is 6.05. The molecule has 5 nitrogen and oxygen atoms in total. The van der Waals surface area contributed by atoms with Gasteiger partial charge in [0, 0.05) is 24.7 Å². The van der Waals surface area contributed by atoms with Crippen LogP contribution in [0.4, 0.5) is 0 Å². The van der Waals surface area contributed by atoms with Crippen LogP contribution in [-0.4, -0.2) is 49.6 Å². The maximum atomic E-state index is 13.1. The number of nitrogens with one attached hydrogen (secondary N) is 1. The summed E-state index contributed by atoms with van der Waals surface area (Å²) < 4.78 is 4.77. The second-order valence-electron chi connectivity index (χ2n) is 12.3. The maximum Gasteiger partial charge on any atom is 0.337 e. The van der Waals surface area contributed by atoms with Gasteiger partial charge in [0.05, 0.1) is 12.7 Å². The van der Waals surface area contributed by atoms with Crippen molar-refractivity contribution in [2.75, 3.05) is 26.7 Å². The summed E-state index contributed by atoms with van der Waals surface area (Å²) in [6.45, 7) is 7.90. The molecule has 2 fully saturated rings. The smallest absolute Gasteiger partial charge is 0.337 e. The fourth-order valence-electron chi connectivity index (χ4n) is 6.91. The number of esters is 1. The summed E-state index contributed by atoms with van der Waals surface area (Å²) >= 11 is 0. The number of likely N-dealkylation sites (tertiary alicyclic amines) is 1. The Labute approximate surface area is 237 Å². The van der Waals surface area contributed by atoms with E-state index in [4.69, 9.17) is 4.74 Å². The van der Waals surface area contributed by atoms with E-state index in [1.54, 1.807) is 12.1 Å². The normalized spacial score (nSPS) is 23.8. The molecule has 1 amide bonds. The van der Waals surface area contributed by atoms with E-state index in [1.807, 2.05) is 18.2 Å². The van der Waals surface area contributed by atoms with Crippen LogP contribution in [0.1, 0.15) is 70.5 Å². The average Bonchev–Trinajstić information content (AvgIpc) is 3.80. The lowest BCUT2D eigenvalue weighted by Gasteiger charge is -2.55. The second-order valence-corrected chi connectivity index (χ2v) is 12.3. The number of piperidine rings is 1. The van der Waals surface area contributed by atoms with Gasteiger partial charge in [-0.25, -0.2) is 4.79 Å². The molecule has 1 N–H and O–H groups in total. The number of fused-ring (bicyclic) bond motifs is 4. The van der Waals surface area contributed by atoms with Crippen LogP contribution in [0, 0.1) is 11.8 Å². The number of nitrogens with zero attached hydrogens (tertiary/aromatic N) is 1. The Kier molecular flexibility index (Phi) is 7.26. The number of carbonyl (C=O) groups excluding carboxylic acids is 2. The summed E-state index contributed by atoms with van der Waals surface area (Å²) in [5, 5.41) is 3.15. The van der Waals surface area contributed by atoms with E-state index in [2.05, 4.69) is 60.5 Å². The van der Waals surface area contributed by atoms with Gasteiger partial charge < -0.3 is 10.1 Å². The van der Waals surface area contributed by atoms with Crippen molar-refractivity contribution in [2.24, 2.45) is 11.8 Å². The maximum absolute atomic E-state index is 13.1. The van der Waals surface area contributed by atoms with E-state index in [-0.39, 0.29) is 17.3 Å². The minimum atomic E-state index is -0.332. The van der Waals surface area contributed by atoms with Crippen LogP contribution in [0.3, 0.4) is 0 Å². The first-order valence-electron chi connectivity index (χ1n) is 14.8. The second kappa shape index (κ2) is 10.9. The van der Waals surface area contributed by atoms with Gasteiger partial charge in [-0.1, -0.05) is 56.3 Å². The Morgan fingerprint density at radius 1 is 0.975 bits per heavy atom. The highest BCUT2D eigenvalue weighted by atomic mass is 16.5. The lowest BCUT2D eigenvalue weighted by molar-refractivity contribution is 0.0284. The quantitative estimate of drug-likeness (QED) is 0.356. The SMILES string of the molecule is COC(=O)c1ccc(-c2ccc(CCNC(=O)c3ccc4c(c3)[C@@]3(C)CCN(CC5CC5)C(C4)C3C)cc2)cc1. The standard InChI is InChI=1S/C35H40N2O3/c1-23-32-21-29-14-15-30(20-31(29)35(23,2)17-19-37(32)22-25-4-5-25)33(38)36-18-16-24-6-8-26(9-7-24)27-10-12-28(13-11-27)34(39)40-3/h6-15,20,23,25,32H,4-5,16-19,21-22H2,1-3H3,(H,36,38)/t23?,32?,35-/m0/s1. The van der Waals surface area contributed by atoms with Gasteiger partial charge in [-0.3, -0.25) is 9.69 Å². The van der Waals surface area contributed by atoms with Crippen molar-refractivity contribution >= 4 is 11.9 Å². The molecule has 2 aliphatic carbocycles. The van der Waals surface area contributed by atoms with Crippen LogP contribution in [0.15, 0.2) is 66.7 Å². The van der Waals surface area contributed by atoms with Crippen molar-refractivity contribution in [3.63, 3.8) is 0 Å². The number of rotatable bonds is 8. The van der Waals surface area contributed by atoms with Gasteiger partial charge in [0.2, 0.25) is 0 Å². The van der Waals surface area contributed by atoms with E-state index in [9.17, 15) is 9.59 Å². The Bertz CT molecular complexity index is 1390. The minimum Gasteiger partial charge on any atom is -0.465 e. The third-order valence-corrected chi connectivity index (χ3v) is 9.87. The van der Waals surface area contributed by atoms with Crippen LogP contribution >= 0.6 is 0 Å². The number of carbonyl (C=O) groups is 2. The number of benzene rings is 3. The Morgan fingerprint density at radius 3 is 2.33 bits per heavy atom. The Morgan fingerprint density at radius 2 is 1.65 bits per heavy atom. The largest absolute Gasteiger partial charge is 0.465 e. The van der Waals surface area contributed by atoms with Gasteiger partial charge >= 0.3 is 5.97 Å². The minimum absolute atomic E-state index is 0.00895. The highest BCUT2D eigenvalue weighted by molar-refractivity contribution is 5.94. The fraction of sp³-hybridized carbons (Fsp3) is 0.429. The molecule has 0 aromatic heterocycles. The molecular weight excluding hydrogens is 496 g/mol. The third-order valence-electron chi connectivity index (χ3n) is 9.87. The first-order valence-corrected chi connectivity index (χ1v) is 14.8. The summed E-state index contributed by atoms with van der Waals surface area (Å²) in [7, 11) is 1.39. The molecule has 3 atom stereocenters. The molecule has 1 saturated carbocycles. The molecule has 1 aliphatic heterocycles. The summed E-state index contributed by atoms with van der Waals surface area (Å²) in [5.74, 6) is 1.20. The first kappa shape index (κ1) is 26.8. The topological polar surface area (TPSA) is 58.6 Å². The molecule has 3 aromatic carbocycles. The fourth-order valence-corrected chi connectivity index (χ4v) is 6.91. The van der Waals surface area contributed by atoms with Crippen LogP contribution in [0.5, 0.6) is 0 Å². The highest BCUT2D eigenvalue weighted by Crippen LogP contribution is 2.49. The van der Waals surface area contributed by atoms with Crippen molar-refractivity contribution in [1.82, 2.24) is 10.2 Å². The van der Waals surface area contributed by atoms with E-state index >= 15 is 0 Å². The van der Waals surface area contributed by atoms with E-state index < -0.39 is 0 Å². The zero-order valence-electron chi connectivity index (χ0n) is 23.9.